The summed E-state index contributed by atoms with van der Waals surface area (Å²) in [5.74, 6) is 0.890. The van der Waals surface area contributed by atoms with Crippen molar-refractivity contribution in [2.24, 2.45) is 0 Å². The molecule has 2 nitrogen and oxygen atoms in total. The summed E-state index contributed by atoms with van der Waals surface area (Å²) in [6, 6.07) is 6.07. The maximum absolute atomic E-state index is 4.44. The molecular weight excluding hydrogens is 272 g/mol. The van der Waals surface area contributed by atoms with E-state index in [0.29, 0.717) is 0 Å². The van der Waals surface area contributed by atoms with Gasteiger partial charge in [0.1, 0.15) is 5.82 Å². The van der Waals surface area contributed by atoms with Crippen molar-refractivity contribution in [2.75, 3.05) is 5.32 Å². The number of nitrogens with one attached hydrogen (secondary N) is 1. The van der Waals surface area contributed by atoms with Crippen molar-refractivity contribution in [3.05, 3.63) is 39.3 Å². The van der Waals surface area contributed by atoms with Crippen molar-refractivity contribution < 1.29 is 0 Å². The zero-order valence-electron chi connectivity index (χ0n) is 8.54. The number of aryl methyl sites for hydroxylation is 2. The summed E-state index contributed by atoms with van der Waals surface area (Å²) in [5.41, 5.74) is 2.25. The van der Waals surface area contributed by atoms with Gasteiger partial charge in [0.2, 0.25) is 0 Å². The van der Waals surface area contributed by atoms with Crippen LogP contribution in [0.4, 0.5) is 10.8 Å². The van der Waals surface area contributed by atoms with Crippen LogP contribution in [0.15, 0.2) is 28.1 Å². The van der Waals surface area contributed by atoms with Gasteiger partial charge in [-0.2, -0.15) is 0 Å². The number of anilines is 2. The molecule has 1 N–H and O–H groups in total. The summed E-state index contributed by atoms with van der Waals surface area (Å²) in [6.45, 7) is 4.07. The fraction of sp³-hybridized carbons (Fsp3) is 0.182. The van der Waals surface area contributed by atoms with Crippen molar-refractivity contribution in [2.45, 2.75) is 13.8 Å². The number of pyridine rings is 1. The van der Waals surface area contributed by atoms with Gasteiger partial charge in [-0.15, -0.1) is 11.3 Å². The lowest BCUT2D eigenvalue weighted by Crippen LogP contribution is -1.94. The molecule has 0 aromatic carbocycles. The molecule has 0 radical (unpaired) electrons. The SMILES string of the molecule is Cc1ccsc1Nc1ccc(Br)c(C)n1. The average molecular weight is 283 g/mol. The van der Waals surface area contributed by atoms with Crippen molar-refractivity contribution in [3.63, 3.8) is 0 Å². The van der Waals surface area contributed by atoms with E-state index in [1.807, 2.05) is 19.1 Å². The Morgan fingerprint density at radius 3 is 2.67 bits per heavy atom. The van der Waals surface area contributed by atoms with Gasteiger partial charge >= 0.3 is 0 Å². The second-order valence-corrected chi connectivity index (χ2v) is 5.09. The Labute approximate surface area is 101 Å². The number of aromatic nitrogens is 1. The molecule has 0 amide bonds. The summed E-state index contributed by atoms with van der Waals surface area (Å²) < 4.78 is 1.04. The fourth-order valence-electron chi connectivity index (χ4n) is 1.23. The molecule has 0 aliphatic heterocycles. The Hall–Kier alpha value is -0.870. The van der Waals surface area contributed by atoms with Crippen LogP contribution in [0.1, 0.15) is 11.3 Å². The molecule has 2 aromatic rings. The number of rotatable bonds is 2. The molecule has 2 rings (SSSR count). The highest BCUT2D eigenvalue weighted by Gasteiger charge is 2.02. The molecule has 2 aromatic heterocycles. The predicted octanol–water partition coefficient (Wildman–Crippen LogP) is 4.27. The van der Waals surface area contributed by atoms with Gasteiger partial charge in [0.05, 0.1) is 10.7 Å². The number of halogens is 1. The summed E-state index contributed by atoms with van der Waals surface area (Å²) >= 11 is 5.13. The topological polar surface area (TPSA) is 24.9 Å². The van der Waals surface area contributed by atoms with Crippen LogP contribution in [-0.4, -0.2) is 4.98 Å². The second-order valence-electron chi connectivity index (χ2n) is 3.32. The average Bonchev–Trinajstić information content (AvgIpc) is 2.59. The van der Waals surface area contributed by atoms with Crippen molar-refractivity contribution >= 4 is 38.1 Å². The van der Waals surface area contributed by atoms with Crippen LogP contribution in [0.25, 0.3) is 0 Å². The predicted molar refractivity (Wildman–Crippen MR) is 69.0 cm³/mol. The smallest absolute Gasteiger partial charge is 0.131 e. The molecule has 4 heteroatoms. The molecule has 0 fully saturated rings. The lowest BCUT2D eigenvalue weighted by atomic mass is 10.3. The van der Waals surface area contributed by atoms with E-state index in [1.165, 1.54) is 5.56 Å². The minimum absolute atomic E-state index is 0.890. The lowest BCUT2D eigenvalue weighted by Gasteiger charge is -2.05. The molecule has 2 heterocycles. The van der Waals surface area contributed by atoms with E-state index < -0.39 is 0 Å². The summed E-state index contributed by atoms with van der Waals surface area (Å²) in [5, 5.41) is 6.54. The first-order valence-corrected chi connectivity index (χ1v) is 6.28. The zero-order chi connectivity index (χ0) is 10.8. The minimum atomic E-state index is 0.890. The molecule has 78 valence electrons. The van der Waals surface area contributed by atoms with Gasteiger partial charge in [0, 0.05) is 4.47 Å². The standard InChI is InChI=1S/C11H11BrN2S/c1-7-5-6-15-11(7)14-10-4-3-9(12)8(2)13-10/h3-6H,1-2H3,(H,13,14). The fourth-order valence-corrected chi connectivity index (χ4v) is 2.28. The zero-order valence-corrected chi connectivity index (χ0v) is 10.9. The highest BCUT2D eigenvalue weighted by molar-refractivity contribution is 9.10. The summed E-state index contributed by atoms with van der Waals surface area (Å²) in [6.07, 6.45) is 0. The largest absolute Gasteiger partial charge is 0.332 e. The van der Waals surface area contributed by atoms with Gasteiger partial charge in [-0.25, -0.2) is 4.98 Å². The monoisotopic (exact) mass is 282 g/mol. The molecular formula is C11H11BrN2S. The molecule has 0 saturated heterocycles. The Kier molecular flexibility index (Phi) is 3.07. The van der Waals surface area contributed by atoms with Crippen LogP contribution >= 0.6 is 27.3 Å². The van der Waals surface area contributed by atoms with Crippen LogP contribution in [0.2, 0.25) is 0 Å². The Morgan fingerprint density at radius 1 is 1.27 bits per heavy atom. The third-order valence-corrected chi connectivity index (χ3v) is 3.90. The normalized spacial score (nSPS) is 10.3. The van der Waals surface area contributed by atoms with Gasteiger partial charge in [-0.05, 0) is 58.9 Å². The molecule has 0 atom stereocenters. The van der Waals surface area contributed by atoms with Gasteiger partial charge < -0.3 is 5.32 Å². The Morgan fingerprint density at radius 2 is 2.07 bits per heavy atom. The molecule has 0 unspecified atom stereocenters. The van der Waals surface area contributed by atoms with Crippen LogP contribution in [0.3, 0.4) is 0 Å². The molecule has 0 aliphatic carbocycles. The number of hydrogen-bond acceptors (Lipinski definition) is 3. The first-order chi connectivity index (χ1) is 7.16. The van der Waals surface area contributed by atoms with Crippen molar-refractivity contribution in [1.29, 1.82) is 0 Å². The second kappa shape index (κ2) is 4.33. The van der Waals surface area contributed by atoms with E-state index in [-0.39, 0.29) is 0 Å². The maximum atomic E-state index is 4.44. The summed E-state index contributed by atoms with van der Waals surface area (Å²) in [4.78, 5) is 4.44. The van der Waals surface area contributed by atoms with Gasteiger partial charge in [-0.3, -0.25) is 0 Å². The number of hydrogen-bond donors (Lipinski definition) is 1. The van der Waals surface area contributed by atoms with E-state index in [1.54, 1.807) is 11.3 Å². The molecule has 15 heavy (non-hydrogen) atoms. The molecule has 0 aliphatic rings. The van der Waals surface area contributed by atoms with Crippen LogP contribution in [0, 0.1) is 13.8 Å². The van der Waals surface area contributed by atoms with Crippen molar-refractivity contribution in [1.82, 2.24) is 4.98 Å². The van der Waals surface area contributed by atoms with Gasteiger partial charge in [0.15, 0.2) is 0 Å². The minimum Gasteiger partial charge on any atom is -0.332 e. The molecule has 0 saturated carbocycles. The van der Waals surface area contributed by atoms with E-state index in [4.69, 9.17) is 0 Å². The quantitative estimate of drug-likeness (QED) is 0.890. The Bertz CT molecular complexity index is 479. The molecule has 0 spiro atoms. The highest BCUT2D eigenvalue weighted by atomic mass is 79.9. The Balaban J connectivity index is 2.25. The van der Waals surface area contributed by atoms with E-state index in [0.717, 1.165) is 21.0 Å². The first kappa shape index (κ1) is 10.6. The number of nitrogens with zero attached hydrogens (tertiary/aromatic N) is 1. The lowest BCUT2D eigenvalue weighted by molar-refractivity contribution is 1.18. The van der Waals surface area contributed by atoms with E-state index in [2.05, 4.69) is 44.6 Å². The van der Waals surface area contributed by atoms with E-state index >= 15 is 0 Å². The van der Waals surface area contributed by atoms with E-state index in [9.17, 15) is 0 Å². The van der Waals surface area contributed by atoms with Crippen LogP contribution in [-0.2, 0) is 0 Å². The summed E-state index contributed by atoms with van der Waals surface area (Å²) in [7, 11) is 0. The highest BCUT2D eigenvalue weighted by Crippen LogP contribution is 2.26. The van der Waals surface area contributed by atoms with Gasteiger partial charge in [0.25, 0.3) is 0 Å². The third kappa shape index (κ3) is 2.38. The van der Waals surface area contributed by atoms with Crippen LogP contribution < -0.4 is 5.32 Å². The first-order valence-electron chi connectivity index (χ1n) is 4.61. The third-order valence-electron chi connectivity index (χ3n) is 2.13. The van der Waals surface area contributed by atoms with Crippen LogP contribution in [0.5, 0.6) is 0 Å². The maximum Gasteiger partial charge on any atom is 0.131 e. The number of thiophene rings is 1. The molecule has 0 bridgehead atoms. The van der Waals surface area contributed by atoms with Crippen molar-refractivity contribution in [3.8, 4) is 0 Å². The van der Waals surface area contributed by atoms with Gasteiger partial charge in [-0.1, -0.05) is 0 Å².